The molecule has 0 fully saturated rings. The first-order chi connectivity index (χ1) is 11.2. The van der Waals surface area contributed by atoms with Crippen LogP contribution in [-0.2, 0) is 0 Å². The number of rotatable bonds is 4. The number of hydrogen-bond donors (Lipinski definition) is 0. The Bertz CT molecular complexity index is 798. The number of nitro groups is 1. The maximum Gasteiger partial charge on any atom is 0.270 e. The molecular weight excluding hydrogens is 286 g/mol. The number of non-ortho nitro benzene ring substituents is 1. The van der Waals surface area contributed by atoms with Gasteiger partial charge in [0.15, 0.2) is 0 Å². The molecule has 0 N–H and O–H groups in total. The lowest BCUT2D eigenvalue weighted by Crippen LogP contribution is -1.90. The molecule has 3 rings (SSSR count). The Morgan fingerprint density at radius 2 is 1.35 bits per heavy atom. The van der Waals surface area contributed by atoms with Crippen molar-refractivity contribution in [3.05, 3.63) is 112 Å². The zero-order valence-electron chi connectivity index (χ0n) is 12.4. The summed E-state index contributed by atoms with van der Waals surface area (Å²) in [6.45, 7) is 0. The van der Waals surface area contributed by atoms with Crippen molar-refractivity contribution in [2.75, 3.05) is 0 Å². The molecule has 0 aliphatic heterocycles. The highest BCUT2D eigenvalue weighted by Crippen LogP contribution is 2.26. The minimum absolute atomic E-state index is 0.0965. The molecule has 0 heterocycles. The van der Waals surface area contributed by atoms with Crippen molar-refractivity contribution in [2.24, 2.45) is 0 Å². The molecule has 0 bridgehead atoms. The van der Waals surface area contributed by atoms with Crippen molar-refractivity contribution in [1.29, 1.82) is 0 Å². The zero-order chi connectivity index (χ0) is 16.1. The minimum atomic E-state index is -0.373. The molecule has 3 aromatic carbocycles. The topological polar surface area (TPSA) is 43.1 Å². The van der Waals surface area contributed by atoms with Crippen molar-refractivity contribution in [1.82, 2.24) is 0 Å². The molecule has 112 valence electrons. The third kappa shape index (κ3) is 3.52. The number of benzene rings is 3. The number of nitro benzene ring substituents is 1. The lowest BCUT2D eigenvalue weighted by atomic mass is 9.96. The second kappa shape index (κ2) is 6.71. The molecule has 0 saturated heterocycles. The molecular formula is C20H15NO2. The lowest BCUT2D eigenvalue weighted by molar-refractivity contribution is -0.384. The van der Waals surface area contributed by atoms with Gasteiger partial charge in [-0.2, -0.15) is 0 Å². The molecule has 0 aliphatic carbocycles. The first kappa shape index (κ1) is 14.7. The Kier molecular flexibility index (Phi) is 4.29. The van der Waals surface area contributed by atoms with Crippen LogP contribution in [0.3, 0.4) is 0 Å². The number of hydrogen-bond acceptors (Lipinski definition) is 2. The SMILES string of the molecule is O=[N+]([O-])c1cccc(C=C(c2ccccc2)c2ccccc2)c1. The second-order valence-electron chi connectivity index (χ2n) is 5.14. The summed E-state index contributed by atoms with van der Waals surface area (Å²) in [5.41, 5.74) is 4.09. The van der Waals surface area contributed by atoms with Gasteiger partial charge in [0.05, 0.1) is 4.92 Å². The first-order valence-electron chi connectivity index (χ1n) is 7.31. The fourth-order valence-corrected chi connectivity index (χ4v) is 2.46. The summed E-state index contributed by atoms with van der Waals surface area (Å²) >= 11 is 0. The Labute approximate surface area is 134 Å². The van der Waals surface area contributed by atoms with Crippen molar-refractivity contribution < 1.29 is 4.92 Å². The second-order valence-corrected chi connectivity index (χ2v) is 5.14. The van der Waals surface area contributed by atoms with Crippen molar-refractivity contribution >= 4 is 17.3 Å². The van der Waals surface area contributed by atoms with Crippen LogP contribution >= 0.6 is 0 Å². The molecule has 0 amide bonds. The van der Waals surface area contributed by atoms with E-state index in [1.807, 2.05) is 72.8 Å². The molecule has 3 aromatic rings. The maximum atomic E-state index is 11.0. The Balaban J connectivity index is 2.12. The summed E-state index contributed by atoms with van der Waals surface area (Å²) in [6.07, 6.45) is 1.98. The monoisotopic (exact) mass is 301 g/mol. The summed E-state index contributed by atoms with van der Waals surface area (Å²) in [6, 6.07) is 26.7. The van der Waals surface area contributed by atoms with E-state index in [1.165, 1.54) is 6.07 Å². The fourth-order valence-electron chi connectivity index (χ4n) is 2.46. The van der Waals surface area contributed by atoms with E-state index in [1.54, 1.807) is 12.1 Å². The first-order valence-corrected chi connectivity index (χ1v) is 7.31. The smallest absolute Gasteiger partial charge is 0.258 e. The van der Waals surface area contributed by atoms with Gasteiger partial charge in [-0.25, -0.2) is 0 Å². The summed E-state index contributed by atoms with van der Waals surface area (Å²) in [4.78, 5) is 10.6. The molecule has 0 saturated carbocycles. The van der Waals surface area contributed by atoms with Gasteiger partial charge in [-0.3, -0.25) is 10.1 Å². The predicted octanol–water partition coefficient (Wildman–Crippen LogP) is 5.18. The van der Waals surface area contributed by atoms with Gasteiger partial charge in [0.2, 0.25) is 0 Å². The third-order valence-electron chi connectivity index (χ3n) is 3.56. The Morgan fingerprint density at radius 3 is 1.87 bits per heavy atom. The van der Waals surface area contributed by atoms with Crippen LogP contribution in [0.1, 0.15) is 16.7 Å². The normalized spacial score (nSPS) is 10.1. The van der Waals surface area contributed by atoms with E-state index in [2.05, 4.69) is 0 Å². The predicted molar refractivity (Wildman–Crippen MR) is 93.0 cm³/mol. The van der Waals surface area contributed by atoms with Crippen LogP contribution in [0.2, 0.25) is 0 Å². The van der Waals surface area contributed by atoms with E-state index in [0.29, 0.717) is 0 Å². The van der Waals surface area contributed by atoms with Gasteiger partial charge < -0.3 is 0 Å². The van der Waals surface area contributed by atoms with Crippen LogP contribution in [0.4, 0.5) is 5.69 Å². The lowest BCUT2D eigenvalue weighted by Gasteiger charge is -2.09. The van der Waals surface area contributed by atoms with E-state index in [-0.39, 0.29) is 10.6 Å². The van der Waals surface area contributed by atoms with Gasteiger partial charge in [-0.1, -0.05) is 72.8 Å². The van der Waals surface area contributed by atoms with Crippen LogP contribution in [0, 0.1) is 10.1 Å². The minimum Gasteiger partial charge on any atom is -0.258 e. The summed E-state index contributed by atoms with van der Waals surface area (Å²) in [5.74, 6) is 0. The van der Waals surface area contributed by atoms with Gasteiger partial charge >= 0.3 is 0 Å². The van der Waals surface area contributed by atoms with Gasteiger partial charge in [0, 0.05) is 12.1 Å². The zero-order valence-corrected chi connectivity index (χ0v) is 12.4. The molecule has 3 nitrogen and oxygen atoms in total. The van der Waals surface area contributed by atoms with Crippen molar-refractivity contribution in [2.45, 2.75) is 0 Å². The molecule has 0 spiro atoms. The van der Waals surface area contributed by atoms with Gasteiger partial charge in [0.25, 0.3) is 5.69 Å². The largest absolute Gasteiger partial charge is 0.270 e. The van der Waals surface area contributed by atoms with E-state index in [4.69, 9.17) is 0 Å². The Morgan fingerprint density at radius 1 is 0.783 bits per heavy atom. The van der Waals surface area contributed by atoms with Crippen LogP contribution in [0.25, 0.3) is 11.6 Å². The van der Waals surface area contributed by atoms with Crippen molar-refractivity contribution in [3.63, 3.8) is 0 Å². The molecule has 0 atom stereocenters. The highest BCUT2D eigenvalue weighted by atomic mass is 16.6. The average Bonchev–Trinajstić information content (AvgIpc) is 2.61. The van der Waals surface area contributed by atoms with Crippen molar-refractivity contribution in [3.8, 4) is 0 Å². The Hall–Kier alpha value is -3.20. The highest BCUT2D eigenvalue weighted by molar-refractivity contribution is 5.91. The molecule has 3 heteroatoms. The fraction of sp³-hybridized carbons (Fsp3) is 0. The van der Waals surface area contributed by atoms with Gasteiger partial charge in [-0.05, 0) is 28.3 Å². The van der Waals surface area contributed by atoms with Crippen LogP contribution in [-0.4, -0.2) is 4.92 Å². The quantitative estimate of drug-likeness (QED) is 0.378. The van der Waals surface area contributed by atoms with Gasteiger partial charge in [0.1, 0.15) is 0 Å². The molecule has 0 aliphatic rings. The van der Waals surface area contributed by atoms with E-state index >= 15 is 0 Å². The standard InChI is InChI=1S/C20H15NO2/c22-21(23)19-13-7-8-16(14-19)15-20(17-9-3-1-4-10-17)18-11-5-2-6-12-18/h1-15H. The summed E-state index contributed by atoms with van der Waals surface area (Å²) in [7, 11) is 0. The molecule has 23 heavy (non-hydrogen) atoms. The van der Waals surface area contributed by atoms with Gasteiger partial charge in [-0.15, -0.1) is 0 Å². The highest BCUT2D eigenvalue weighted by Gasteiger charge is 2.08. The van der Waals surface area contributed by atoms with Crippen LogP contribution in [0.15, 0.2) is 84.9 Å². The van der Waals surface area contributed by atoms with E-state index in [0.717, 1.165) is 22.3 Å². The van der Waals surface area contributed by atoms with E-state index < -0.39 is 0 Å². The summed E-state index contributed by atoms with van der Waals surface area (Å²) < 4.78 is 0. The molecule has 0 radical (unpaired) electrons. The average molecular weight is 301 g/mol. The third-order valence-corrected chi connectivity index (χ3v) is 3.56. The number of nitrogens with zero attached hydrogens (tertiary/aromatic N) is 1. The van der Waals surface area contributed by atoms with E-state index in [9.17, 15) is 10.1 Å². The van der Waals surface area contributed by atoms with Crippen LogP contribution in [0.5, 0.6) is 0 Å². The maximum absolute atomic E-state index is 11.0. The van der Waals surface area contributed by atoms with Crippen LogP contribution < -0.4 is 0 Å². The summed E-state index contributed by atoms with van der Waals surface area (Å²) in [5, 5.41) is 11.0. The molecule has 0 aromatic heterocycles. The molecule has 0 unspecified atom stereocenters.